The van der Waals surface area contributed by atoms with Crippen LogP contribution in [-0.4, -0.2) is 46.4 Å². The molecule has 1 heterocycles. The van der Waals surface area contributed by atoms with Gasteiger partial charge in [0.1, 0.15) is 0 Å². The lowest BCUT2D eigenvalue weighted by Gasteiger charge is -2.23. The molecule has 0 unspecified atom stereocenters. The number of nitrogens with zero attached hydrogens (tertiary/aromatic N) is 2. The van der Waals surface area contributed by atoms with E-state index in [1.807, 2.05) is 20.2 Å². The number of allylic oxidation sites excluding steroid dienone is 2. The van der Waals surface area contributed by atoms with Crippen molar-refractivity contribution in [1.29, 1.82) is 0 Å². The van der Waals surface area contributed by atoms with Gasteiger partial charge in [-0.2, -0.15) is 0 Å². The average molecular weight is 362 g/mol. The number of likely N-dealkylation sites (N-methyl/N-ethyl adjacent to an activating group) is 2. The molecular formula is C14H23IN2O. The predicted molar refractivity (Wildman–Crippen MR) is 87.1 cm³/mol. The summed E-state index contributed by atoms with van der Waals surface area (Å²) in [6.45, 7) is 5.81. The van der Waals surface area contributed by atoms with E-state index in [4.69, 9.17) is 0 Å². The lowest BCUT2D eigenvalue weighted by atomic mass is 10.3. The molecule has 0 N–H and O–H groups in total. The summed E-state index contributed by atoms with van der Waals surface area (Å²) in [6, 6.07) is 0. The van der Waals surface area contributed by atoms with Gasteiger partial charge in [-0.3, -0.25) is 9.69 Å². The molecule has 4 heteroatoms. The number of rotatable bonds is 6. The third-order valence-corrected chi connectivity index (χ3v) is 5.17. The summed E-state index contributed by atoms with van der Waals surface area (Å²) in [6.07, 6.45) is 6.49. The zero-order valence-corrected chi connectivity index (χ0v) is 13.9. The fraction of sp³-hybridized carbons (Fsp3) is 0.571. The van der Waals surface area contributed by atoms with Crippen LogP contribution in [0.1, 0.15) is 26.7 Å². The fourth-order valence-corrected chi connectivity index (χ4v) is 3.41. The van der Waals surface area contributed by atoms with E-state index >= 15 is 0 Å². The smallest absolute Gasteiger partial charge is 0.240 e. The number of halogens is 1. The lowest BCUT2D eigenvalue weighted by Crippen LogP contribution is -2.36. The Morgan fingerprint density at radius 3 is 2.61 bits per heavy atom. The van der Waals surface area contributed by atoms with Crippen LogP contribution in [0.25, 0.3) is 0 Å². The normalized spacial score (nSPS) is 14.9. The van der Waals surface area contributed by atoms with Crippen LogP contribution in [0.4, 0.5) is 0 Å². The van der Waals surface area contributed by atoms with Gasteiger partial charge in [0.15, 0.2) is 0 Å². The van der Waals surface area contributed by atoms with Crippen LogP contribution in [0.15, 0.2) is 21.9 Å². The van der Waals surface area contributed by atoms with Gasteiger partial charge in [0.05, 0.1) is 6.54 Å². The molecule has 3 nitrogen and oxygen atoms in total. The van der Waals surface area contributed by atoms with E-state index in [-0.39, 0.29) is 26.6 Å². The molecular weight excluding hydrogens is 339 g/mol. The largest absolute Gasteiger partial charge is 0.314 e. The van der Waals surface area contributed by atoms with Gasteiger partial charge in [-0.05, 0) is 40.6 Å². The van der Waals surface area contributed by atoms with Crippen LogP contribution in [0.3, 0.4) is 0 Å². The minimum Gasteiger partial charge on any atom is -0.314 e. The first-order chi connectivity index (χ1) is 8.54. The van der Waals surface area contributed by atoms with Gasteiger partial charge < -0.3 is 4.90 Å². The number of carbonyl (C=O) groups is 1. The SMILES string of the molecule is CCCCN(C)CC(=O)N(C)C1=CI=C(C)C=C1. The molecule has 1 aliphatic heterocycles. The molecule has 102 valence electrons. The van der Waals surface area contributed by atoms with Crippen LogP contribution in [0.2, 0.25) is 0 Å². The van der Waals surface area contributed by atoms with Crippen molar-refractivity contribution >= 4 is 30.1 Å². The predicted octanol–water partition coefficient (Wildman–Crippen LogP) is 2.75. The minimum atomic E-state index is -0.0179. The maximum Gasteiger partial charge on any atom is 0.240 e. The molecule has 0 radical (unpaired) electrons. The summed E-state index contributed by atoms with van der Waals surface area (Å²) < 4.78 is 3.66. The molecule has 18 heavy (non-hydrogen) atoms. The number of hydrogen-bond acceptors (Lipinski definition) is 2. The lowest BCUT2D eigenvalue weighted by molar-refractivity contribution is -0.128. The molecule has 0 atom stereocenters. The Labute approximate surface area is 120 Å². The van der Waals surface area contributed by atoms with Gasteiger partial charge in [-0.25, -0.2) is 0 Å². The van der Waals surface area contributed by atoms with Crippen molar-refractivity contribution in [3.63, 3.8) is 0 Å². The molecule has 0 bridgehead atoms. The highest BCUT2D eigenvalue weighted by Crippen LogP contribution is 2.18. The van der Waals surface area contributed by atoms with Crippen LogP contribution in [0, 0.1) is 0 Å². The van der Waals surface area contributed by atoms with Crippen molar-refractivity contribution in [2.24, 2.45) is 0 Å². The maximum atomic E-state index is 12.1. The Morgan fingerprint density at radius 1 is 1.33 bits per heavy atom. The van der Waals surface area contributed by atoms with E-state index in [0.29, 0.717) is 6.54 Å². The molecule has 1 amide bonds. The molecule has 1 rings (SSSR count). The first-order valence-electron chi connectivity index (χ1n) is 6.35. The van der Waals surface area contributed by atoms with Crippen LogP contribution < -0.4 is 0 Å². The number of hydrogen-bond donors (Lipinski definition) is 0. The average Bonchev–Trinajstić information content (AvgIpc) is 2.36. The van der Waals surface area contributed by atoms with Crippen molar-refractivity contribution < 1.29 is 4.79 Å². The first-order valence-corrected chi connectivity index (χ1v) is 8.67. The molecule has 0 saturated carbocycles. The van der Waals surface area contributed by atoms with E-state index in [1.54, 1.807) is 4.90 Å². The maximum absolute atomic E-state index is 12.1. The van der Waals surface area contributed by atoms with Gasteiger partial charge in [0.25, 0.3) is 0 Å². The van der Waals surface area contributed by atoms with Gasteiger partial charge in [-0.1, -0.05) is 40.2 Å². The minimum absolute atomic E-state index is 0.0179. The highest BCUT2D eigenvalue weighted by Gasteiger charge is 2.14. The summed E-state index contributed by atoms with van der Waals surface area (Å²) in [7, 11) is 3.88. The molecule has 1 aliphatic rings. The van der Waals surface area contributed by atoms with Gasteiger partial charge in [0.2, 0.25) is 5.91 Å². The monoisotopic (exact) mass is 362 g/mol. The number of amides is 1. The quantitative estimate of drug-likeness (QED) is 0.679. The first kappa shape index (κ1) is 15.6. The van der Waals surface area contributed by atoms with E-state index < -0.39 is 0 Å². The molecule has 0 spiro atoms. The van der Waals surface area contributed by atoms with E-state index in [1.165, 1.54) is 9.93 Å². The second kappa shape index (κ2) is 7.84. The second-order valence-electron chi connectivity index (χ2n) is 4.61. The van der Waals surface area contributed by atoms with Gasteiger partial charge in [0, 0.05) is 12.7 Å². The fourth-order valence-electron chi connectivity index (χ4n) is 1.59. The third kappa shape index (κ3) is 5.02. The van der Waals surface area contributed by atoms with E-state index in [2.05, 4.69) is 28.9 Å². The van der Waals surface area contributed by atoms with Crippen LogP contribution >= 0.6 is 20.7 Å². The van der Waals surface area contributed by atoms with E-state index in [9.17, 15) is 4.79 Å². The molecule has 0 aliphatic carbocycles. The summed E-state index contributed by atoms with van der Waals surface area (Å²) >= 11 is -0.0179. The van der Waals surface area contributed by atoms with Crippen molar-refractivity contribution in [3.05, 3.63) is 21.9 Å². The summed E-state index contributed by atoms with van der Waals surface area (Å²) in [5.74, 6) is 0.174. The highest BCUT2D eigenvalue weighted by atomic mass is 127. The zero-order chi connectivity index (χ0) is 13.5. The van der Waals surface area contributed by atoms with E-state index in [0.717, 1.165) is 18.7 Å². The topological polar surface area (TPSA) is 23.6 Å². The second-order valence-corrected chi connectivity index (χ2v) is 7.55. The number of carbonyl (C=O) groups excluding carboxylic acids is 1. The zero-order valence-electron chi connectivity index (χ0n) is 11.7. The Hall–Kier alpha value is -0.490. The van der Waals surface area contributed by atoms with Crippen molar-refractivity contribution in [2.45, 2.75) is 26.7 Å². The molecule has 0 aromatic rings. The summed E-state index contributed by atoms with van der Waals surface area (Å²) in [5, 5.41) is 0. The summed E-state index contributed by atoms with van der Waals surface area (Å²) in [5.41, 5.74) is 1.06. The Balaban J connectivity index is 2.50. The molecule has 0 fully saturated rings. The van der Waals surface area contributed by atoms with Crippen LogP contribution in [0.5, 0.6) is 0 Å². The van der Waals surface area contributed by atoms with Crippen molar-refractivity contribution in [3.8, 4) is 0 Å². The Kier molecular flexibility index (Phi) is 6.78. The van der Waals surface area contributed by atoms with Crippen LogP contribution in [-0.2, 0) is 4.79 Å². The van der Waals surface area contributed by atoms with Crippen molar-refractivity contribution in [1.82, 2.24) is 9.80 Å². The highest BCUT2D eigenvalue weighted by molar-refractivity contribution is 14.2. The standard InChI is InChI=1S/C14H23IN2O/c1-5-6-9-16(3)11-14(18)17(4)13-8-7-12(2)15-10-13/h7-8,10H,5-6,9,11H2,1-4H3. The third-order valence-electron chi connectivity index (χ3n) is 2.88. The molecule has 0 aromatic carbocycles. The molecule has 0 aromatic heterocycles. The molecule has 0 saturated heterocycles. The van der Waals surface area contributed by atoms with Crippen molar-refractivity contribution in [2.75, 3.05) is 27.2 Å². The Morgan fingerprint density at radius 2 is 2.06 bits per heavy atom. The Bertz CT molecular complexity index is 385. The number of unbranched alkanes of at least 4 members (excludes halogenated alkanes) is 1. The summed E-state index contributed by atoms with van der Waals surface area (Å²) in [4.78, 5) is 16.0. The van der Waals surface area contributed by atoms with Gasteiger partial charge in [-0.15, -0.1) is 0 Å². The van der Waals surface area contributed by atoms with Gasteiger partial charge >= 0.3 is 0 Å².